The van der Waals surface area contributed by atoms with Crippen LogP contribution in [0.3, 0.4) is 0 Å². The summed E-state index contributed by atoms with van der Waals surface area (Å²) in [5, 5.41) is 9.08. The molecule has 4 N–H and O–H groups in total. The Bertz CT molecular complexity index is 597. The van der Waals surface area contributed by atoms with Crippen LogP contribution in [-0.4, -0.2) is 34.7 Å². The number of nitrogens with one attached hydrogen (secondary N) is 2. The molecule has 2 rings (SSSR count). The molecule has 0 unspecified atom stereocenters. The Morgan fingerprint density at radius 1 is 1.38 bits per heavy atom. The maximum atomic E-state index is 11.1. The van der Waals surface area contributed by atoms with Gasteiger partial charge >= 0.3 is 0 Å². The lowest BCUT2D eigenvalue weighted by molar-refractivity contribution is 0.0322. The second kappa shape index (κ2) is 7.23. The predicted molar refractivity (Wildman–Crippen MR) is 82.6 cm³/mol. The van der Waals surface area contributed by atoms with Gasteiger partial charge in [0.25, 0.3) is 10.2 Å². The van der Waals surface area contributed by atoms with Gasteiger partial charge in [-0.05, 0) is 17.7 Å². The van der Waals surface area contributed by atoms with Gasteiger partial charge < -0.3 is 10.1 Å². The summed E-state index contributed by atoms with van der Waals surface area (Å²) in [6, 6.07) is 5.27. The molecule has 2 atom stereocenters. The smallest absolute Gasteiger partial charge is 0.274 e. The minimum atomic E-state index is -3.74. The lowest BCUT2D eigenvalue weighted by Crippen LogP contribution is -2.39. The highest BCUT2D eigenvalue weighted by molar-refractivity contribution is 7.87. The second-order valence-corrected chi connectivity index (χ2v) is 7.02. The maximum Gasteiger partial charge on any atom is 0.274 e. The number of ether oxygens (including phenoxy) is 1. The number of rotatable bonds is 4. The van der Waals surface area contributed by atoms with Gasteiger partial charge in [-0.25, -0.2) is 9.86 Å². The van der Waals surface area contributed by atoms with Crippen molar-refractivity contribution in [3.8, 4) is 0 Å². The van der Waals surface area contributed by atoms with E-state index in [4.69, 9.17) is 33.1 Å². The molecule has 1 saturated heterocycles. The minimum Gasteiger partial charge on any atom is -0.372 e. The van der Waals surface area contributed by atoms with E-state index in [9.17, 15) is 8.42 Å². The molecule has 0 radical (unpaired) electrons. The molecular formula is C12H17Cl2N3O3S. The van der Waals surface area contributed by atoms with Crippen LogP contribution in [-0.2, 0) is 14.9 Å². The lowest BCUT2D eigenvalue weighted by Gasteiger charge is -2.25. The van der Waals surface area contributed by atoms with Gasteiger partial charge in [-0.3, -0.25) is 0 Å². The average Bonchev–Trinajstić information content (AvgIpc) is 2.64. The molecule has 0 saturated carbocycles. The van der Waals surface area contributed by atoms with Crippen LogP contribution >= 0.6 is 23.2 Å². The molecule has 118 valence electrons. The van der Waals surface area contributed by atoms with Crippen molar-refractivity contribution in [2.45, 2.75) is 6.10 Å². The average molecular weight is 354 g/mol. The van der Waals surface area contributed by atoms with E-state index in [1.807, 2.05) is 6.07 Å². The number of hydrogen-bond acceptors (Lipinski definition) is 4. The van der Waals surface area contributed by atoms with Crippen molar-refractivity contribution in [3.05, 3.63) is 33.8 Å². The zero-order valence-corrected chi connectivity index (χ0v) is 13.5. The monoisotopic (exact) mass is 353 g/mol. The van der Waals surface area contributed by atoms with Crippen molar-refractivity contribution in [1.82, 2.24) is 10.0 Å². The summed E-state index contributed by atoms with van der Waals surface area (Å²) >= 11 is 12.0. The summed E-state index contributed by atoms with van der Waals surface area (Å²) in [6.45, 7) is 2.00. The fraction of sp³-hybridized carbons (Fsp3) is 0.500. The van der Waals surface area contributed by atoms with Crippen LogP contribution in [0, 0.1) is 5.92 Å². The van der Waals surface area contributed by atoms with Crippen molar-refractivity contribution in [3.63, 3.8) is 0 Å². The summed E-state index contributed by atoms with van der Waals surface area (Å²) < 4.78 is 30.3. The topological polar surface area (TPSA) is 93.5 Å². The van der Waals surface area contributed by atoms with Gasteiger partial charge in [-0.2, -0.15) is 8.42 Å². The van der Waals surface area contributed by atoms with E-state index in [-0.39, 0.29) is 18.6 Å². The third kappa shape index (κ3) is 5.07. The summed E-state index contributed by atoms with van der Waals surface area (Å²) in [5.74, 6) is -0.108. The normalized spacial score (nSPS) is 23.8. The van der Waals surface area contributed by atoms with E-state index < -0.39 is 10.2 Å². The van der Waals surface area contributed by atoms with Crippen LogP contribution in [0.15, 0.2) is 18.2 Å². The van der Waals surface area contributed by atoms with Crippen LogP contribution in [0.4, 0.5) is 0 Å². The predicted octanol–water partition coefficient (Wildman–Crippen LogP) is 1.06. The van der Waals surface area contributed by atoms with Crippen molar-refractivity contribution < 1.29 is 13.2 Å². The van der Waals surface area contributed by atoms with Crippen LogP contribution in [0.1, 0.15) is 11.7 Å². The van der Waals surface area contributed by atoms with E-state index in [1.165, 1.54) is 0 Å². The summed E-state index contributed by atoms with van der Waals surface area (Å²) in [5.41, 5.74) is 0.856. The van der Waals surface area contributed by atoms with Crippen molar-refractivity contribution in [2.24, 2.45) is 11.1 Å². The summed E-state index contributed by atoms with van der Waals surface area (Å²) in [4.78, 5) is 0. The van der Waals surface area contributed by atoms with Crippen molar-refractivity contribution >= 4 is 33.4 Å². The molecule has 6 nitrogen and oxygen atoms in total. The highest BCUT2D eigenvalue weighted by atomic mass is 35.5. The first-order chi connectivity index (χ1) is 9.87. The first kappa shape index (κ1) is 17.0. The Morgan fingerprint density at radius 2 is 2.14 bits per heavy atom. The molecule has 0 spiro atoms. The summed E-state index contributed by atoms with van der Waals surface area (Å²) in [7, 11) is -3.74. The molecule has 21 heavy (non-hydrogen) atoms. The standard InChI is InChI=1S/C12H17Cl2N3O3S/c13-10-2-1-8(5-11(10)14)12-9(6-16-3-4-20-12)7-17-21(15,18)19/h1-2,5,9,12,16-17H,3-4,6-7H2,(H2,15,18,19)/t9-,12-/m1/s1. The fourth-order valence-corrected chi connectivity index (χ4v) is 3.00. The van der Waals surface area contributed by atoms with E-state index in [0.717, 1.165) is 5.56 Å². The molecule has 9 heteroatoms. The second-order valence-electron chi connectivity index (χ2n) is 4.82. The third-order valence-corrected chi connectivity index (χ3v) is 4.54. The first-order valence-electron chi connectivity index (χ1n) is 6.41. The van der Waals surface area contributed by atoms with E-state index in [1.54, 1.807) is 12.1 Å². The Kier molecular flexibility index (Phi) is 5.84. The molecule has 1 aromatic carbocycles. The van der Waals surface area contributed by atoms with Gasteiger partial charge in [0.15, 0.2) is 0 Å². The number of hydrogen-bond donors (Lipinski definition) is 3. The van der Waals surface area contributed by atoms with Crippen LogP contribution in [0.5, 0.6) is 0 Å². The molecule has 1 aliphatic heterocycles. The third-order valence-electron chi connectivity index (χ3n) is 3.23. The summed E-state index contributed by atoms with van der Waals surface area (Å²) in [6.07, 6.45) is -0.288. The van der Waals surface area contributed by atoms with Crippen LogP contribution < -0.4 is 15.2 Å². The Hall–Kier alpha value is -0.410. The largest absolute Gasteiger partial charge is 0.372 e. The number of nitrogens with two attached hydrogens (primary N) is 1. The first-order valence-corrected chi connectivity index (χ1v) is 8.71. The van der Waals surface area contributed by atoms with Crippen LogP contribution in [0.25, 0.3) is 0 Å². The molecule has 0 aromatic heterocycles. The van der Waals surface area contributed by atoms with E-state index in [0.29, 0.717) is 29.7 Å². The molecule has 1 fully saturated rings. The fourth-order valence-electron chi connectivity index (χ4n) is 2.25. The van der Waals surface area contributed by atoms with Crippen molar-refractivity contribution in [2.75, 3.05) is 26.2 Å². The Balaban J connectivity index is 2.20. The van der Waals surface area contributed by atoms with Gasteiger partial charge in [0, 0.05) is 25.6 Å². The minimum absolute atomic E-state index is 0.108. The Labute approximate surface area is 134 Å². The van der Waals surface area contributed by atoms with E-state index in [2.05, 4.69) is 10.0 Å². The lowest BCUT2D eigenvalue weighted by atomic mass is 9.95. The highest BCUT2D eigenvalue weighted by Crippen LogP contribution is 2.31. The molecule has 0 bridgehead atoms. The van der Waals surface area contributed by atoms with E-state index >= 15 is 0 Å². The number of halogens is 2. The van der Waals surface area contributed by atoms with Gasteiger partial charge in [-0.1, -0.05) is 29.3 Å². The van der Waals surface area contributed by atoms with Gasteiger partial charge in [0.2, 0.25) is 0 Å². The zero-order valence-electron chi connectivity index (χ0n) is 11.2. The maximum absolute atomic E-state index is 11.1. The Morgan fingerprint density at radius 3 is 2.81 bits per heavy atom. The molecular weight excluding hydrogens is 337 g/mol. The highest BCUT2D eigenvalue weighted by Gasteiger charge is 2.27. The zero-order chi connectivity index (χ0) is 15.5. The molecule has 1 heterocycles. The van der Waals surface area contributed by atoms with Gasteiger partial charge in [0.1, 0.15) is 0 Å². The molecule has 1 aromatic rings. The van der Waals surface area contributed by atoms with Crippen LogP contribution in [0.2, 0.25) is 10.0 Å². The van der Waals surface area contributed by atoms with Gasteiger partial charge in [0.05, 0.1) is 22.8 Å². The SMILES string of the molecule is NS(=O)(=O)NC[C@H]1CNCCO[C@@H]1c1ccc(Cl)c(Cl)c1. The quantitative estimate of drug-likeness (QED) is 0.754. The molecule has 0 aliphatic carbocycles. The van der Waals surface area contributed by atoms with Crippen molar-refractivity contribution in [1.29, 1.82) is 0 Å². The molecule has 1 aliphatic rings. The molecule has 0 amide bonds. The van der Waals surface area contributed by atoms with Gasteiger partial charge in [-0.15, -0.1) is 0 Å². The number of benzene rings is 1.